The molecule has 0 spiro atoms. The molecule has 0 saturated heterocycles. The maximum absolute atomic E-state index is 3.30. The molecule has 1 heterocycles. The van der Waals surface area contributed by atoms with Crippen molar-refractivity contribution in [1.82, 2.24) is 4.98 Å². The first-order valence-electron chi connectivity index (χ1n) is 7.39. The highest BCUT2D eigenvalue weighted by molar-refractivity contribution is 5.87. The summed E-state index contributed by atoms with van der Waals surface area (Å²) in [5.74, 6) is 0.585. The Balaban J connectivity index is 2.11. The molecule has 1 nitrogen and oxygen atoms in total. The number of aromatic nitrogens is 1. The minimum absolute atomic E-state index is 0.585. The molecule has 0 saturated carbocycles. The molecule has 1 aromatic heterocycles. The second kappa shape index (κ2) is 5.16. The van der Waals surface area contributed by atoms with Crippen molar-refractivity contribution in [2.75, 3.05) is 0 Å². The van der Waals surface area contributed by atoms with Crippen molar-refractivity contribution in [2.45, 2.75) is 33.1 Å². The van der Waals surface area contributed by atoms with Gasteiger partial charge in [0, 0.05) is 11.7 Å². The molecule has 2 aromatic carbocycles. The van der Waals surface area contributed by atoms with E-state index in [2.05, 4.69) is 68.2 Å². The number of hydrogen-bond donors (Lipinski definition) is 1. The SMILES string of the molecule is CCc1cc2[nH]ccc2cc1-c1ccc(C(C)C)cc1. The second-order valence-electron chi connectivity index (χ2n) is 5.70. The summed E-state index contributed by atoms with van der Waals surface area (Å²) in [6.45, 7) is 6.69. The highest BCUT2D eigenvalue weighted by atomic mass is 14.7. The van der Waals surface area contributed by atoms with Crippen LogP contribution >= 0.6 is 0 Å². The lowest BCUT2D eigenvalue weighted by Crippen LogP contribution is -1.90. The van der Waals surface area contributed by atoms with E-state index >= 15 is 0 Å². The third-order valence-electron chi connectivity index (χ3n) is 4.05. The van der Waals surface area contributed by atoms with Crippen molar-refractivity contribution in [3.8, 4) is 11.1 Å². The van der Waals surface area contributed by atoms with Crippen LogP contribution in [0.2, 0.25) is 0 Å². The second-order valence-corrected chi connectivity index (χ2v) is 5.70. The van der Waals surface area contributed by atoms with Gasteiger partial charge in [-0.15, -0.1) is 0 Å². The van der Waals surface area contributed by atoms with Crippen LogP contribution in [0.15, 0.2) is 48.7 Å². The Bertz CT molecular complexity index is 717. The van der Waals surface area contributed by atoms with Gasteiger partial charge in [-0.05, 0) is 58.2 Å². The van der Waals surface area contributed by atoms with E-state index in [9.17, 15) is 0 Å². The standard InChI is InChI=1S/C19H21N/c1-4-14-12-19-17(9-10-20-19)11-18(14)16-7-5-15(6-8-16)13(2)3/h5-13,20H,4H2,1-3H3. The maximum atomic E-state index is 3.30. The quantitative estimate of drug-likeness (QED) is 0.640. The van der Waals surface area contributed by atoms with Crippen LogP contribution in [-0.4, -0.2) is 4.98 Å². The first-order chi connectivity index (χ1) is 9.69. The largest absolute Gasteiger partial charge is 0.361 e. The Morgan fingerprint density at radius 2 is 1.75 bits per heavy atom. The van der Waals surface area contributed by atoms with E-state index in [-0.39, 0.29) is 0 Å². The zero-order valence-electron chi connectivity index (χ0n) is 12.4. The molecule has 3 rings (SSSR count). The van der Waals surface area contributed by atoms with E-state index in [1.165, 1.54) is 33.2 Å². The lowest BCUT2D eigenvalue weighted by atomic mass is 9.94. The summed E-state index contributed by atoms with van der Waals surface area (Å²) in [6.07, 6.45) is 3.06. The fourth-order valence-corrected chi connectivity index (χ4v) is 2.75. The molecule has 0 bridgehead atoms. The fourth-order valence-electron chi connectivity index (χ4n) is 2.75. The zero-order chi connectivity index (χ0) is 14.1. The van der Waals surface area contributed by atoms with Crippen molar-refractivity contribution in [1.29, 1.82) is 0 Å². The number of aromatic amines is 1. The molecule has 0 aliphatic carbocycles. The van der Waals surface area contributed by atoms with E-state index in [0.29, 0.717) is 5.92 Å². The average molecular weight is 263 g/mol. The lowest BCUT2D eigenvalue weighted by molar-refractivity contribution is 0.867. The highest BCUT2D eigenvalue weighted by Gasteiger charge is 2.07. The molecular weight excluding hydrogens is 242 g/mol. The molecule has 0 aliphatic heterocycles. The maximum Gasteiger partial charge on any atom is 0.0457 e. The van der Waals surface area contributed by atoms with Gasteiger partial charge in [0.15, 0.2) is 0 Å². The Labute approximate surface area is 120 Å². The van der Waals surface area contributed by atoms with Crippen molar-refractivity contribution < 1.29 is 0 Å². The van der Waals surface area contributed by atoms with Crippen LogP contribution in [0, 0.1) is 0 Å². The van der Waals surface area contributed by atoms with Gasteiger partial charge in [0.05, 0.1) is 0 Å². The van der Waals surface area contributed by atoms with Gasteiger partial charge in [0.1, 0.15) is 0 Å². The third kappa shape index (κ3) is 2.24. The first-order valence-corrected chi connectivity index (χ1v) is 7.39. The molecule has 0 radical (unpaired) electrons. The molecule has 1 heteroatoms. The summed E-state index contributed by atoms with van der Waals surface area (Å²) in [5.41, 5.74) is 6.69. The number of fused-ring (bicyclic) bond motifs is 1. The summed E-state index contributed by atoms with van der Waals surface area (Å²) in [4.78, 5) is 3.30. The van der Waals surface area contributed by atoms with Crippen LogP contribution in [0.5, 0.6) is 0 Å². The van der Waals surface area contributed by atoms with Gasteiger partial charge in [0.25, 0.3) is 0 Å². The monoisotopic (exact) mass is 263 g/mol. The molecule has 0 unspecified atom stereocenters. The first kappa shape index (κ1) is 13.0. The minimum atomic E-state index is 0.585. The number of hydrogen-bond acceptors (Lipinski definition) is 0. The van der Waals surface area contributed by atoms with Crippen LogP contribution in [0.1, 0.15) is 37.8 Å². The van der Waals surface area contributed by atoms with Crippen molar-refractivity contribution >= 4 is 10.9 Å². The average Bonchev–Trinajstić information content (AvgIpc) is 2.93. The van der Waals surface area contributed by atoms with E-state index in [1.54, 1.807) is 0 Å². The number of aryl methyl sites for hydroxylation is 1. The number of nitrogens with one attached hydrogen (secondary N) is 1. The molecule has 3 aromatic rings. The Kier molecular flexibility index (Phi) is 3.35. The number of rotatable bonds is 3. The van der Waals surface area contributed by atoms with Crippen molar-refractivity contribution in [2.24, 2.45) is 0 Å². The van der Waals surface area contributed by atoms with E-state index in [4.69, 9.17) is 0 Å². The lowest BCUT2D eigenvalue weighted by Gasteiger charge is -2.11. The normalized spacial score (nSPS) is 11.4. The van der Waals surface area contributed by atoms with Gasteiger partial charge in [-0.1, -0.05) is 45.0 Å². The summed E-state index contributed by atoms with van der Waals surface area (Å²) in [6, 6.07) is 15.7. The Morgan fingerprint density at radius 3 is 2.40 bits per heavy atom. The predicted octanol–water partition coefficient (Wildman–Crippen LogP) is 5.52. The van der Waals surface area contributed by atoms with Gasteiger partial charge < -0.3 is 4.98 Å². The van der Waals surface area contributed by atoms with Crippen LogP contribution in [0.4, 0.5) is 0 Å². The van der Waals surface area contributed by atoms with Crippen molar-refractivity contribution in [3.63, 3.8) is 0 Å². The molecule has 0 fully saturated rings. The summed E-state index contributed by atoms with van der Waals surface area (Å²) >= 11 is 0. The zero-order valence-corrected chi connectivity index (χ0v) is 12.4. The molecule has 0 aliphatic rings. The van der Waals surface area contributed by atoms with Gasteiger partial charge in [-0.2, -0.15) is 0 Å². The van der Waals surface area contributed by atoms with Gasteiger partial charge in [0.2, 0.25) is 0 Å². The third-order valence-corrected chi connectivity index (χ3v) is 4.05. The molecule has 20 heavy (non-hydrogen) atoms. The molecule has 1 N–H and O–H groups in total. The smallest absolute Gasteiger partial charge is 0.0457 e. The van der Waals surface area contributed by atoms with Gasteiger partial charge in [-0.25, -0.2) is 0 Å². The van der Waals surface area contributed by atoms with Gasteiger partial charge >= 0.3 is 0 Å². The number of benzene rings is 2. The summed E-state index contributed by atoms with van der Waals surface area (Å²) in [5, 5.41) is 1.28. The van der Waals surface area contributed by atoms with Gasteiger partial charge in [-0.3, -0.25) is 0 Å². The fraction of sp³-hybridized carbons (Fsp3) is 0.263. The van der Waals surface area contributed by atoms with Crippen LogP contribution in [0.3, 0.4) is 0 Å². The Hall–Kier alpha value is -2.02. The summed E-state index contributed by atoms with van der Waals surface area (Å²) in [7, 11) is 0. The molecular formula is C19H21N. The topological polar surface area (TPSA) is 15.8 Å². The van der Waals surface area contributed by atoms with E-state index in [1.807, 2.05) is 6.20 Å². The minimum Gasteiger partial charge on any atom is -0.361 e. The predicted molar refractivity (Wildman–Crippen MR) is 87.2 cm³/mol. The summed E-state index contributed by atoms with van der Waals surface area (Å²) < 4.78 is 0. The van der Waals surface area contributed by atoms with Crippen LogP contribution < -0.4 is 0 Å². The Morgan fingerprint density at radius 1 is 1.00 bits per heavy atom. The van der Waals surface area contributed by atoms with Crippen molar-refractivity contribution in [3.05, 3.63) is 59.8 Å². The molecule has 0 amide bonds. The van der Waals surface area contributed by atoms with Crippen LogP contribution in [0.25, 0.3) is 22.0 Å². The molecule has 102 valence electrons. The van der Waals surface area contributed by atoms with Crippen LogP contribution in [-0.2, 0) is 6.42 Å². The van der Waals surface area contributed by atoms with E-state index in [0.717, 1.165) is 6.42 Å². The highest BCUT2D eigenvalue weighted by Crippen LogP contribution is 2.30. The number of H-pyrrole nitrogens is 1. The van der Waals surface area contributed by atoms with E-state index < -0.39 is 0 Å². The molecule has 0 atom stereocenters.